The maximum Gasteiger partial charge on any atom is 0.340 e. The van der Waals surface area contributed by atoms with Gasteiger partial charge in [-0.25, -0.2) is 19.2 Å². The topological polar surface area (TPSA) is 382 Å². The number of fused-ring (bicyclic) bond motifs is 12. The number of aromatic carboxylic acids is 2. The Morgan fingerprint density at radius 3 is 1.07 bits per heavy atom. The van der Waals surface area contributed by atoms with Crippen LogP contribution in [0, 0.1) is 0 Å². The minimum Gasteiger partial charge on any atom is -0.508 e. The van der Waals surface area contributed by atoms with Crippen LogP contribution in [0.1, 0.15) is 124 Å². The number of ether oxygens (including phenoxy) is 4. The quantitative estimate of drug-likeness (QED) is 0.0197. The summed E-state index contributed by atoms with van der Waals surface area (Å²) in [6.45, 7) is 0.188. The van der Waals surface area contributed by atoms with Gasteiger partial charge in [-0.1, -0.05) is 48.2 Å². The predicted octanol–water partition coefficient (Wildman–Crippen LogP) is 6.23. The van der Waals surface area contributed by atoms with Crippen molar-refractivity contribution in [3.63, 3.8) is 0 Å². The summed E-state index contributed by atoms with van der Waals surface area (Å²) in [5.74, 6) is -13.8. The molecule has 4 heterocycles. The number of benzene rings is 6. The number of esters is 2. The number of carboxylic acid groups (broad SMARTS) is 2. The minimum absolute atomic E-state index is 0.00341. The first kappa shape index (κ1) is 54.8. The van der Waals surface area contributed by atoms with Gasteiger partial charge in [0.25, 0.3) is 0 Å². The van der Waals surface area contributed by atoms with Gasteiger partial charge in [0.2, 0.25) is 0 Å². The second-order valence-corrected chi connectivity index (χ2v) is 20.8. The highest BCUT2D eigenvalue weighted by Gasteiger charge is 2.67. The van der Waals surface area contributed by atoms with Crippen LogP contribution < -0.4 is 32.4 Å². The number of carboxylic acids is 2. The lowest BCUT2D eigenvalue weighted by Crippen LogP contribution is -2.59. The maximum atomic E-state index is 17.0. The summed E-state index contributed by atoms with van der Waals surface area (Å²) in [5, 5.41) is 64.9. The third-order valence-electron chi connectivity index (χ3n) is 15.0. The molecule has 0 fully saturated rings. The molecule has 80 heavy (non-hydrogen) atoms. The highest BCUT2D eigenvalue weighted by Crippen LogP contribution is 2.62. The maximum absolute atomic E-state index is 17.0. The molecule has 412 valence electrons. The number of phenolic OH excluding ortho intramolecular Hbond substituents is 4. The number of nitrogens with two attached hydrogens (primary N) is 4. The summed E-state index contributed by atoms with van der Waals surface area (Å²) < 4.78 is 24.8. The molecule has 4 aliphatic rings. The number of carbonyl (C=O) groups excluding carboxylic acids is 5. The van der Waals surface area contributed by atoms with E-state index in [2.05, 4.69) is 0 Å². The van der Waals surface area contributed by atoms with Gasteiger partial charge in [0.15, 0.2) is 38.3 Å². The highest BCUT2D eigenvalue weighted by molar-refractivity contribution is 6.58. The molecule has 4 atom stereocenters. The smallest absolute Gasteiger partial charge is 0.340 e. The molecular formula is C57H48Cl2N4O17. The van der Waals surface area contributed by atoms with Crippen molar-refractivity contribution in [1.82, 2.24) is 0 Å². The van der Waals surface area contributed by atoms with Gasteiger partial charge in [-0.15, -0.1) is 0 Å². The fourth-order valence-corrected chi connectivity index (χ4v) is 12.4. The Balaban J connectivity index is 1.32. The lowest BCUT2D eigenvalue weighted by molar-refractivity contribution is -0.137. The Hall–Kier alpha value is -8.57. The van der Waals surface area contributed by atoms with Crippen molar-refractivity contribution >= 4 is 64.4 Å². The highest BCUT2D eigenvalue weighted by atomic mass is 35.5. The van der Waals surface area contributed by atoms with Crippen molar-refractivity contribution in [1.29, 1.82) is 0 Å². The van der Waals surface area contributed by atoms with E-state index < -0.39 is 108 Å². The molecule has 0 saturated carbocycles. The predicted molar refractivity (Wildman–Crippen MR) is 282 cm³/mol. The number of halogens is 2. The van der Waals surface area contributed by atoms with E-state index in [1.165, 1.54) is 48.5 Å². The zero-order valence-electron chi connectivity index (χ0n) is 41.8. The van der Waals surface area contributed by atoms with E-state index in [4.69, 9.17) is 65.1 Å². The Kier molecular flexibility index (Phi) is 13.7. The zero-order valence-corrected chi connectivity index (χ0v) is 43.3. The van der Waals surface area contributed by atoms with E-state index in [9.17, 15) is 40.2 Å². The van der Waals surface area contributed by atoms with E-state index in [0.29, 0.717) is 0 Å². The van der Waals surface area contributed by atoms with Crippen LogP contribution in [-0.2, 0) is 44.8 Å². The summed E-state index contributed by atoms with van der Waals surface area (Å²) in [6.07, 6.45) is 0.0334. The van der Waals surface area contributed by atoms with E-state index >= 15 is 24.0 Å². The SMILES string of the molecule is NCCCC[C@H](N)C(=O)C(Cl)(C(=O)C(Cl)(C(=O)[C@@H](N)CCCCN)c1c(C(=O)O)ccc2c1C(=O)OC21c2ccc(O)cc2Oc2cc(O)ccc21)c1c(C(=O)O)ccc2c1C(=O)OC21c2ccc(O)cc2Oc2cc(O)ccc21. The molecule has 21 nitrogen and oxygen atoms in total. The van der Waals surface area contributed by atoms with Crippen molar-refractivity contribution in [3.05, 3.63) is 164 Å². The summed E-state index contributed by atoms with van der Waals surface area (Å²) >= 11 is 15.6. The first-order valence-electron chi connectivity index (χ1n) is 24.9. The lowest BCUT2D eigenvalue weighted by atomic mass is 9.68. The Bertz CT molecular complexity index is 3380. The summed E-state index contributed by atoms with van der Waals surface area (Å²) in [5.41, 5.74) is 13.8. The number of aromatic hydroxyl groups is 4. The van der Waals surface area contributed by atoms with Crippen molar-refractivity contribution < 1.29 is 83.1 Å². The fraction of sp³-hybridized carbons (Fsp3) is 0.246. The third kappa shape index (κ3) is 8.01. The average Bonchev–Trinajstić information content (AvgIpc) is 3.96. The van der Waals surface area contributed by atoms with E-state index in [1.807, 2.05) is 0 Å². The van der Waals surface area contributed by atoms with Crippen LogP contribution in [0.2, 0.25) is 0 Å². The van der Waals surface area contributed by atoms with Gasteiger partial charge < -0.3 is 72.5 Å². The van der Waals surface area contributed by atoms with Gasteiger partial charge in [-0.2, -0.15) is 0 Å². The van der Waals surface area contributed by atoms with Gasteiger partial charge >= 0.3 is 23.9 Å². The number of rotatable bonds is 18. The van der Waals surface area contributed by atoms with Crippen LogP contribution in [0.25, 0.3) is 0 Å². The molecule has 0 saturated heterocycles. The molecule has 14 N–H and O–H groups in total. The lowest BCUT2D eigenvalue weighted by Gasteiger charge is -2.39. The summed E-state index contributed by atoms with van der Waals surface area (Å²) in [7, 11) is 0. The van der Waals surface area contributed by atoms with Crippen molar-refractivity contribution in [2.45, 2.75) is 71.6 Å². The second-order valence-electron chi connectivity index (χ2n) is 19.7. The Morgan fingerprint density at radius 1 is 0.487 bits per heavy atom. The molecular weight excluding hydrogens is 1080 g/mol. The number of phenols is 4. The Labute approximate surface area is 463 Å². The molecule has 0 aliphatic carbocycles. The van der Waals surface area contributed by atoms with Crippen LogP contribution in [0.3, 0.4) is 0 Å². The molecule has 0 bridgehead atoms. The average molecular weight is 1130 g/mol. The molecule has 6 aromatic rings. The molecule has 0 aromatic heterocycles. The minimum atomic E-state index is -3.80. The first-order chi connectivity index (χ1) is 38.0. The summed E-state index contributed by atoms with van der Waals surface area (Å²) in [6, 6.07) is 15.0. The van der Waals surface area contributed by atoms with Crippen molar-refractivity contribution in [3.8, 4) is 46.0 Å². The number of hydrogen-bond donors (Lipinski definition) is 10. The Morgan fingerprint density at radius 2 is 0.787 bits per heavy atom. The number of hydrogen-bond acceptors (Lipinski definition) is 19. The largest absolute Gasteiger partial charge is 0.508 e. The third-order valence-corrected chi connectivity index (χ3v) is 16.0. The van der Waals surface area contributed by atoms with Gasteiger partial charge in [0.1, 0.15) is 46.0 Å². The number of ketones is 3. The van der Waals surface area contributed by atoms with Gasteiger partial charge in [-0.3, -0.25) is 14.4 Å². The molecule has 10 rings (SSSR count). The second kappa shape index (κ2) is 20.0. The van der Waals surface area contributed by atoms with E-state index in [0.717, 1.165) is 48.5 Å². The monoisotopic (exact) mass is 1130 g/mol. The fourth-order valence-electron chi connectivity index (χ4n) is 11.4. The van der Waals surface area contributed by atoms with Crippen LogP contribution in [-0.4, -0.2) is 97.0 Å². The van der Waals surface area contributed by atoms with Crippen LogP contribution >= 0.6 is 23.2 Å². The van der Waals surface area contributed by atoms with Crippen molar-refractivity contribution in [2.24, 2.45) is 22.9 Å². The number of carbonyl (C=O) groups is 7. The molecule has 0 amide bonds. The van der Waals surface area contributed by atoms with E-state index in [-0.39, 0.29) is 131 Å². The van der Waals surface area contributed by atoms with Crippen molar-refractivity contribution in [2.75, 3.05) is 13.1 Å². The molecule has 23 heteroatoms. The van der Waals surface area contributed by atoms with Gasteiger partial charge in [0, 0.05) is 68.8 Å². The van der Waals surface area contributed by atoms with Crippen LogP contribution in [0.15, 0.2) is 97.1 Å². The first-order valence-corrected chi connectivity index (χ1v) is 25.7. The van der Waals surface area contributed by atoms with E-state index in [1.54, 1.807) is 0 Å². The zero-order chi connectivity index (χ0) is 57.5. The molecule has 4 aliphatic heterocycles. The van der Waals surface area contributed by atoms with Gasteiger partial charge in [0.05, 0.1) is 34.3 Å². The molecule has 6 aromatic carbocycles. The van der Waals surface area contributed by atoms with Gasteiger partial charge in [-0.05, 0) is 99.4 Å². The molecule has 2 spiro atoms. The summed E-state index contributed by atoms with van der Waals surface area (Å²) in [4.78, 5) is 99.3. The van der Waals surface area contributed by atoms with Crippen LogP contribution in [0.4, 0.5) is 0 Å². The normalized spacial score (nSPS) is 16.8. The molecule has 2 unspecified atom stereocenters. The number of alkyl halides is 2. The standard InChI is InChI=1S/C57H48Cl2N4O17/c58-54(47(68)37(62)5-1-3-19-60,45-29(49(70)71)11-17-35-43(45)51(74)79-56(35)31-13-7-25(64)21-39(31)77-40-22-26(65)8-14-32(40)56)53(76)55(59,48(69)38(63)6-2-4-20-61)46-30(50(72)73)12-18-36-44(46)52(75)80-57(36)33-15-9-27(66)23-41(33)78-42-24-28(67)10-16-34(42)57/h7-18,21-24,37-38,64-67H,1-6,19-20,60-63H2,(H,70,71)(H,72,73)/t37-,38-,54?,55?/m0/s1. The molecule has 0 radical (unpaired) electrons. The van der Waals surface area contributed by atoms with Crippen LogP contribution in [0.5, 0.6) is 46.0 Å². The number of Topliss-reactive ketones (excluding diaryl/α,β-unsaturated/α-hetero) is 3. The number of unbranched alkanes of at least 4 members (excludes halogenated alkanes) is 2.